The highest BCUT2D eigenvalue weighted by Crippen LogP contribution is 2.27. The number of hydrogen-bond acceptors (Lipinski definition) is 5. The second kappa shape index (κ2) is 6.18. The molecule has 0 aliphatic rings. The van der Waals surface area contributed by atoms with E-state index in [1.165, 1.54) is 19.2 Å². The normalized spacial score (nSPS) is 12.9. The van der Waals surface area contributed by atoms with Crippen LogP contribution in [0.15, 0.2) is 28.5 Å². The van der Waals surface area contributed by atoms with Crippen molar-refractivity contribution in [2.45, 2.75) is 23.6 Å². The Labute approximate surface area is 115 Å². The summed E-state index contributed by atoms with van der Waals surface area (Å²) >= 11 is 0.924. The van der Waals surface area contributed by atoms with Gasteiger partial charge in [0.1, 0.15) is 10.3 Å². The summed E-state index contributed by atoms with van der Waals surface area (Å²) in [4.78, 5) is 11.0. The highest BCUT2D eigenvalue weighted by Gasteiger charge is 2.26. The molecule has 8 heteroatoms. The zero-order valence-electron chi connectivity index (χ0n) is 10.5. The molecule has 0 saturated heterocycles. The summed E-state index contributed by atoms with van der Waals surface area (Å²) < 4.78 is 31.1. The van der Waals surface area contributed by atoms with Crippen LogP contribution >= 0.6 is 11.3 Å². The third-order valence-electron chi connectivity index (χ3n) is 2.17. The second-order valence-corrected chi connectivity index (χ2v) is 6.94. The van der Waals surface area contributed by atoms with Crippen LogP contribution in [0, 0.1) is 0 Å². The zero-order chi connectivity index (χ0) is 14.6. The Morgan fingerprint density at radius 2 is 2.21 bits per heavy atom. The van der Waals surface area contributed by atoms with Gasteiger partial charge in [0.05, 0.1) is 7.11 Å². The summed E-state index contributed by atoms with van der Waals surface area (Å²) in [7, 11) is -2.45. The summed E-state index contributed by atoms with van der Waals surface area (Å²) in [6, 6.07) is 1.65. The lowest BCUT2D eigenvalue weighted by Crippen LogP contribution is -2.40. The van der Waals surface area contributed by atoms with E-state index >= 15 is 0 Å². The third-order valence-corrected chi connectivity index (χ3v) is 5.18. The number of sulfonamides is 1. The smallest absolute Gasteiger partial charge is 0.322 e. The topological polar surface area (TPSA) is 92.7 Å². The number of carbonyl (C=O) groups is 1. The maximum Gasteiger partial charge on any atom is 0.322 e. The molecular weight excluding hydrogens is 290 g/mol. The van der Waals surface area contributed by atoms with E-state index in [2.05, 4.69) is 11.3 Å². The van der Waals surface area contributed by atoms with Crippen LogP contribution in [-0.4, -0.2) is 32.6 Å². The van der Waals surface area contributed by atoms with Crippen LogP contribution in [0.1, 0.15) is 13.3 Å². The number of rotatable bonds is 7. The lowest BCUT2D eigenvalue weighted by molar-refractivity contribution is -0.138. The number of carboxylic acid groups (broad SMARTS) is 1. The van der Waals surface area contributed by atoms with Gasteiger partial charge in [0, 0.05) is 0 Å². The molecule has 0 bridgehead atoms. The first-order chi connectivity index (χ1) is 8.76. The largest absolute Gasteiger partial charge is 0.487 e. The predicted octanol–water partition coefficient (Wildman–Crippen LogP) is 1.45. The number of methoxy groups -OCH3 is 1. The fourth-order valence-corrected chi connectivity index (χ4v) is 3.64. The fourth-order valence-electron chi connectivity index (χ4n) is 1.33. The molecule has 6 nitrogen and oxygen atoms in total. The Balaban J connectivity index is 2.93. The van der Waals surface area contributed by atoms with Crippen LogP contribution in [0.3, 0.4) is 0 Å². The van der Waals surface area contributed by atoms with Crippen molar-refractivity contribution in [1.29, 1.82) is 0 Å². The SMILES string of the molecule is C=C(C)CC(NS(=O)(=O)c1ccc(OC)s1)C(=O)O. The molecule has 1 aromatic heterocycles. The van der Waals surface area contributed by atoms with Crippen molar-refractivity contribution in [1.82, 2.24) is 4.72 Å². The molecule has 0 aromatic carbocycles. The monoisotopic (exact) mass is 305 g/mol. The molecule has 0 amide bonds. The van der Waals surface area contributed by atoms with Crippen molar-refractivity contribution in [3.8, 4) is 5.06 Å². The molecule has 1 heterocycles. The van der Waals surface area contributed by atoms with Crippen molar-refractivity contribution in [3.63, 3.8) is 0 Å². The van der Waals surface area contributed by atoms with Gasteiger partial charge in [-0.1, -0.05) is 16.9 Å². The van der Waals surface area contributed by atoms with E-state index in [0.29, 0.717) is 10.6 Å². The zero-order valence-corrected chi connectivity index (χ0v) is 12.2. The molecule has 0 aliphatic heterocycles. The van der Waals surface area contributed by atoms with Crippen molar-refractivity contribution in [3.05, 3.63) is 24.3 Å². The quantitative estimate of drug-likeness (QED) is 0.744. The maximum atomic E-state index is 12.0. The Bertz CT molecular complexity index is 576. The highest BCUT2D eigenvalue weighted by molar-refractivity contribution is 7.91. The summed E-state index contributed by atoms with van der Waals surface area (Å²) in [6.07, 6.45) is 0.0388. The summed E-state index contributed by atoms with van der Waals surface area (Å²) in [5, 5.41) is 9.43. The minimum absolute atomic E-state index is 0.0114. The minimum Gasteiger partial charge on any atom is -0.487 e. The van der Waals surface area contributed by atoms with Gasteiger partial charge < -0.3 is 9.84 Å². The number of aliphatic carboxylic acids is 1. The van der Waals surface area contributed by atoms with Gasteiger partial charge in [-0.3, -0.25) is 4.79 Å². The van der Waals surface area contributed by atoms with Gasteiger partial charge >= 0.3 is 5.97 Å². The van der Waals surface area contributed by atoms with Gasteiger partial charge in [0.25, 0.3) is 10.0 Å². The van der Waals surface area contributed by atoms with Gasteiger partial charge in [0.15, 0.2) is 5.06 Å². The van der Waals surface area contributed by atoms with E-state index < -0.39 is 22.0 Å². The molecule has 1 rings (SSSR count). The van der Waals surface area contributed by atoms with Crippen LogP contribution in [-0.2, 0) is 14.8 Å². The molecule has 0 spiro atoms. The number of carboxylic acids is 1. The molecule has 0 fully saturated rings. The van der Waals surface area contributed by atoms with E-state index in [1.54, 1.807) is 6.92 Å². The highest BCUT2D eigenvalue weighted by atomic mass is 32.2. The second-order valence-electron chi connectivity index (χ2n) is 3.95. The molecule has 2 N–H and O–H groups in total. The third kappa shape index (κ3) is 4.34. The minimum atomic E-state index is -3.87. The van der Waals surface area contributed by atoms with Crippen molar-refractivity contribution in [2.75, 3.05) is 7.11 Å². The Kier molecular flexibility index (Phi) is 5.10. The number of thiophene rings is 1. The molecule has 0 saturated carbocycles. The molecule has 1 unspecified atom stereocenters. The molecular formula is C11H15NO5S2. The lowest BCUT2D eigenvalue weighted by atomic mass is 10.1. The molecule has 19 heavy (non-hydrogen) atoms. The number of nitrogens with one attached hydrogen (secondary N) is 1. The van der Waals surface area contributed by atoms with Gasteiger partial charge in [-0.15, -0.1) is 6.58 Å². The van der Waals surface area contributed by atoms with Crippen LogP contribution in [0.2, 0.25) is 0 Å². The first-order valence-electron chi connectivity index (χ1n) is 5.29. The van der Waals surface area contributed by atoms with E-state index in [1.807, 2.05) is 0 Å². The van der Waals surface area contributed by atoms with Gasteiger partial charge in [-0.2, -0.15) is 4.72 Å². The van der Waals surface area contributed by atoms with Crippen molar-refractivity contribution >= 4 is 27.3 Å². The summed E-state index contributed by atoms with van der Waals surface area (Å²) in [5.74, 6) is -1.24. The van der Waals surface area contributed by atoms with Gasteiger partial charge in [-0.25, -0.2) is 8.42 Å². The van der Waals surface area contributed by atoms with Crippen molar-refractivity contribution < 1.29 is 23.1 Å². The molecule has 0 radical (unpaired) electrons. The van der Waals surface area contributed by atoms with Crippen LogP contribution < -0.4 is 9.46 Å². The lowest BCUT2D eigenvalue weighted by Gasteiger charge is -2.13. The Morgan fingerprint density at radius 3 is 2.63 bits per heavy atom. The number of hydrogen-bond donors (Lipinski definition) is 2. The molecule has 0 aliphatic carbocycles. The first-order valence-corrected chi connectivity index (χ1v) is 7.59. The number of ether oxygens (including phenoxy) is 1. The standard InChI is InChI=1S/C11H15NO5S2/c1-7(2)6-8(11(13)14)12-19(15,16)10-5-4-9(17-3)18-10/h4-5,8,12H,1,6H2,2-3H3,(H,13,14). The van der Waals surface area contributed by atoms with Crippen LogP contribution in [0.25, 0.3) is 0 Å². The average Bonchev–Trinajstić information content (AvgIpc) is 2.76. The van der Waals surface area contributed by atoms with E-state index in [0.717, 1.165) is 11.3 Å². The fraction of sp³-hybridized carbons (Fsp3) is 0.364. The Morgan fingerprint density at radius 1 is 1.58 bits per heavy atom. The molecule has 1 atom stereocenters. The molecule has 106 valence electrons. The van der Waals surface area contributed by atoms with E-state index in [4.69, 9.17) is 9.84 Å². The van der Waals surface area contributed by atoms with Crippen LogP contribution in [0.4, 0.5) is 0 Å². The van der Waals surface area contributed by atoms with Crippen molar-refractivity contribution in [2.24, 2.45) is 0 Å². The summed E-state index contributed by atoms with van der Waals surface area (Å²) in [6.45, 7) is 5.22. The van der Waals surface area contributed by atoms with E-state index in [-0.39, 0.29) is 10.6 Å². The van der Waals surface area contributed by atoms with Gasteiger partial charge in [-0.05, 0) is 25.5 Å². The average molecular weight is 305 g/mol. The maximum absolute atomic E-state index is 12.0. The summed E-state index contributed by atoms with van der Waals surface area (Å²) in [5.41, 5.74) is 0.582. The first kappa shape index (κ1) is 15.7. The van der Waals surface area contributed by atoms with Crippen LogP contribution in [0.5, 0.6) is 5.06 Å². The van der Waals surface area contributed by atoms with Gasteiger partial charge in [0.2, 0.25) is 0 Å². The Hall–Kier alpha value is -1.38. The molecule has 1 aromatic rings. The predicted molar refractivity (Wildman–Crippen MR) is 72.0 cm³/mol. The van der Waals surface area contributed by atoms with E-state index in [9.17, 15) is 13.2 Å².